The van der Waals surface area contributed by atoms with Crippen molar-refractivity contribution in [2.45, 2.75) is 0 Å². The van der Waals surface area contributed by atoms with E-state index in [-0.39, 0.29) is 9.81 Å². The van der Waals surface area contributed by atoms with Crippen LogP contribution in [-0.4, -0.2) is 22.3 Å². The molecule has 8 heteroatoms. The van der Waals surface area contributed by atoms with E-state index in [0.717, 1.165) is 33.3 Å². The lowest BCUT2D eigenvalue weighted by Crippen LogP contribution is -2.29. The minimum absolute atomic E-state index is 0.159. The average molecular weight is 332 g/mol. The van der Waals surface area contributed by atoms with Crippen molar-refractivity contribution < 1.29 is 19.2 Å². The van der Waals surface area contributed by atoms with Gasteiger partial charge >= 0.3 is 0 Å². The predicted molar refractivity (Wildman–Crippen MR) is 85.7 cm³/mol. The molecule has 3 rings (SSSR count). The van der Waals surface area contributed by atoms with Crippen LogP contribution in [-0.2, 0) is 9.59 Å². The summed E-state index contributed by atoms with van der Waals surface area (Å²) >= 11 is 1.54. The quantitative estimate of drug-likeness (QED) is 0.775. The number of nitrogens with zero attached hydrogens (tertiary/aromatic N) is 2. The van der Waals surface area contributed by atoms with Crippen molar-refractivity contribution in [2.75, 3.05) is 9.80 Å². The van der Waals surface area contributed by atoms with Gasteiger partial charge in [-0.1, -0.05) is 13.2 Å². The average Bonchev–Trinajstić information content (AvgIpc) is 2.87. The zero-order chi connectivity index (χ0) is 16.0. The number of rotatable bonds is 2. The number of anilines is 2. The Labute approximate surface area is 133 Å². The van der Waals surface area contributed by atoms with E-state index in [0.29, 0.717) is 11.4 Å². The molecule has 0 spiro atoms. The topological polar surface area (TPSA) is 74.8 Å². The lowest BCUT2D eigenvalue weighted by molar-refractivity contribution is -0.114. The Morgan fingerprint density at radius 2 is 1.00 bits per heavy atom. The highest BCUT2D eigenvalue weighted by Crippen LogP contribution is 2.36. The van der Waals surface area contributed by atoms with Gasteiger partial charge in [0.05, 0.1) is 21.2 Å². The standard InChI is InChI=1S/C14H8N2O4S2/c1-7-11(17)15(13(19)21-7)9-3-5-10(6-4-9)16-12(18)8(2)22-14(16)20/h3-6H,1-2H2. The smallest absolute Gasteiger partial charge is 0.268 e. The number of carbonyl (C=O) groups is 4. The molecule has 0 radical (unpaired) electrons. The van der Waals surface area contributed by atoms with Gasteiger partial charge in [0.25, 0.3) is 22.3 Å². The maximum absolute atomic E-state index is 11.9. The summed E-state index contributed by atoms with van der Waals surface area (Å²) in [6.07, 6.45) is 0. The van der Waals surface area contributed by atoms with Gasteiger partial charge in [0.2, 0.25) is 0 Å². The zero-order valence-corrected chi connectivity index (χ0v) is 12.7. The maximum Gasteiger partial charge on any atom is 0.298 e. The van der Waals surface area contributed by atoms with Crippen LogP contribution in [0.15, 0.2) is 47.2 Å². The van der Waals surface area contributed by atoms with Crippen molar-refractivity contribution in [3.05, 3.63) is 47.2 Å². The van der Waals surface area contributed by atoms with Gasteiger partial charge in [-0.2, -0.15) is 0 Å². The summed E-state index contributed by atoms with van der Waals surface area (Å²) in [6, 6.07) is 5.99. The van der Waals surface area contributed by atoms with Crippen LogP contribution in [0.1, 0.15) is 0 Å². The minimum atomic E-state index is -0.472. The molecule has 22 heavy (non-hydrogen) atoms. The van der Waals surface area contributed by atoms with Crippen LogP contribution in [0, 0.1) is 0 Å². The van der Waals surface area contributed by atoms with Crippen LogP contribution in [0.4, 0.5) is 21.0 Å². The van der Waals surface area contributed by atoms with Crippen molar-refractivity contribution in [1.29, 1.82) is 0 Å². The van der Waals surface area contributed by atoms with Gasteiger partial charge in [-0.05, 0) is 47.8 Å². The molecule has 2 heterocycles. The third kappa shape index (κ3) is 2.16. The summed E-state index contributed by atoms with van der Waals surface area (Å²) < 4.78 is 0. The third-order valence-corrected chi connectivity index (χ3v) is 4.59. The molecule has 0 aliphatic carbocycles. The first-order chi connectivity index (χ1) is 10.4. The summed E-state index contributed by atoms with van der Waals surface area (Å²) in [5, 5.41) is -0.861. The Morgan fingerprint density at radius 1 is 0.682 bits per heavy atom. The fourth-order valence-corrected chi connectivity index (χ4v) is 3.34. The lowest BCUT2D eigenvalue weighted by Gasteiger charge is -2.16. The van der Waals surface area contributed by atoms with Crippen LogP contribution in [0.5, 0.6) is 0 Å². The summed E-state index contributed by atoms with van der Waals surface area (Å²) in [6.45, 7) is 7.02. The Bertz CT molecular complexity index is 705. The second kappa shape index (κ2) is 5.15. The van der Waals surface area contributed by atoms with E-state index in [1.54, 1.807) is 0 Å². The summed E-state index contributed by atoms with van der Waals surface area (Å²) in [7, 11) is 0. The lowest BCUT2D eigenvalue weighted by atomic mass is 10.2. The molecule has 0 unspecified atom stereocenters. The number of imide groups is 2. The van der Waals surface area contributed by atoms with Gasteiger partial charge < -0.3 is 0 Å². The van der Waals surface area contributed by atoms with E-state index in [1.807, 2.05) is 0 Å². The SMILES string of the molecule is C=C1SC(=O)N(c2ccc(N3C(=O)SC(=C)C3=O)cc2)C1=O. The molecule has 0 N–H and O–H groups in total. The highest BCUT2D eigenvalue weighted by Gasteiger charge is 2.37. The number of benzene rings is 1. The summed E-state index contributed by atoms with van der Waals surface area (Å²) in [5.41, 5.74) is 0.714. The molecule has 0 atom stereocenters. The highest BCUT2D eigenvalue weighted by atomic mass is 32.2. The highest BCUT2D eigenvalue weighted by molar-refractivity contribution is 8.19. The molecule has 1 aromatic rings. The predicted octanol–water partition coefficient (Wildman–Crippen LogP) is 3.11. The van der Waals surface area contributed by atoms with E-state index in [4.69, 9.17) is 0 Å². The largest absolute Gasteiger partial charge is 0.298 e. The molecule has 110 valence electrons. The second-order valence-corrected chi connectivity index (χ2v) is 6.47. The molecule has 0 saturated carbocycles. The molecule has 4 amide bonds. The van der Waals surface area contributed by atoms with E-state index < -0.39 is 22.3 Å². The van der Waals surface area contributed by atoms with Crippen LogP contribution in [0.3, 0.4) is 0 Å². The Balaban J connectivity index is 1.91. The fraction of sp³-hybridized carbons (Fsp3) is 0. The van der Waals surface area contributed by atoms with Gasteiger partial charge in [-0.3, -0.25) is 19.2 Å². The van der Waals surface area contributed by atoms with Crippen LogP contribution in [0.2, 0.25) is 0 Å². The van der Waals surface area contributed by atoms with Crippen molar-refractivity contribution in [3.63, 3.8) is 0 Å². The van der Waals surface area contributed by atoms with Gasteiger partial charge in [-0.25, -0.2) is 9.80 Å². The molecular weight excluding hydrogens is 324 g/mol. The van der Waals surface area contributed by atoms with Crippen LogP contribution in [0.25, 0.3) is 0 Å². The molecule has 0 aromatic heterocycles. The number of carbonyl (C=O) groups excluding carboxylic acids is 4. The number of thioether (sulfide) groups is 2. The minimum Gasteiger partial charge on any atom is -0.268 e. The molecule has 2 aliphatic heterocycles. The Hall–Kier alpha value is -2.32. The van der Waals surface area contributed by atoms with Crippen molar-refractivity contribution >= 4 is 57.2 Å². The Morgan fingerprint density at radius 3 is 1.23 bits per heavy atom. The molecule has 2 fully saturated rings. The van der Waals surface area contributed by atoms with Gasteiger partial charge in [0.1, 0.15) is 0 Å². The first-order valence-corrected chi connectivity index (χ1v) is 7.64. The van der Waals surface area contributed by atoms with Gasteiger partial charge in [0, 0.05) is 0 Å². The normalized spacial score (nSPS) is 18.9. The van der Waals surface area contributed by atoms with E-state index in [9.17, 15) is 19.2 Å². The first-order valence-electron chi connectivity index (χ1n) is 6.00. The van der Waals surface area contributed by atoms with Crippen LogP contribution < -0.4 is 9.80 Å². The molecule has 1 aromatic carbocycles. The third-order valence-electron chi connectivity index (χ3n) is 3.04. The monoisotopic (exact) mass is 332 g/mol. The molecule has 0 bridgehead atoms. The molecule has 2 saturated heterocycles. The van der Waals surface area contributed by atoms with E-state index in [1.165, 1.54) is 24.3 Å². The number of hydrogen-bond donors (Lipinski definition) is 0. The van der Waals surface area contributed by atoms with Crippen molar-refractivity contribution in [3.8, 4) is 0 Å². The second-order valence-electron chi connectivity index (χ2n) is 4.38. The fourth-order valence-electron chi connectivity index (χ4n) is 2.00. The molecule has 2 aliphatic rings. The van der Waals surface area contributed by atoms with Crippen molar-refractivity contribution in [1.82, 2.24) is 0 Å². The molecule has 6 nitrogen and oxygen atoms in total. The summed E-state index contributed by atoms with van der Waals surface area (Å²) in [4.78, 5) is 49.5. The number of amides is 4. The van der Waals surface area contributed by atoms with Gasteiger partial charge in [0.15, 0.2) is 0 Å². The zero-order valence-electron chi connectivity index (χ0n) is 11.1. The number of hydrogen-bond acceptors (Lipinski definition) is 6. The first kappa shape index (κ1) is 14.6. The Kier molecular flexibility index (Phi) is 3.42. The maximum atomic E-state index is 11.9. The van der Waals surface area contributed by atoms with Crippen molar-refractivity contribution in [2.24, 2.45) is 0 Å². The van der Waals surface area contributed by atoms with Gasteiger partial charge in [-0.15, -0.1) is 0 Å². The summed E-state index contributed by atoms with van der Waals surface area (Å²) in [5.74, 6) is -0.944. The van der Waals surface area contributed by atoms with E-state index in [2.05, 4.69) is 13.2 Å². The van der Waals surface area contributed by atoms with Crippen LogP contribution >= 0.6 is 23.5 Å². The van der Waals surface area contributed by atoms with E-state index >= 15 is 0 Å². The molecular formula is C14H8N2O4S2.